The Balaban J connectivity index is 2.25. The van der Waals surface area contributed by atoms with Gasteiger partial charge in [0.25, 0.3) is 0 Å². The summed E-state index contributed by atoms with van der Waals surface area (Å²) in [5, 5.41) is 40.6. The van der Waals surface area contributed by atoms with Gasteiger partial charge < -0.3 is 24.8 Å². The van der Waals surface area contributed by atoms with Crippen LogP contribution in [0.1, 0.15) is 31.9 Å². The van der Waals surface area contributed by atoms with Gasteiger partial charge in [0.15, 0.2) is 5.43 Å². The van der Waals surface area contributed by atoms with E-state index < -0.39 is 11.5 Å². The Labute approximate surface area is 173 Å². The lowest BCUT2D eigenvalue weighted by Gasteiger charge is -2.15. The summed E-state index contributed by atoms with van der Waals surface area (Å²) < 4.78 is 5.80. The van der Waals surface area contributed by atoms with E-state index in [1.165, 1.54) is 12.1 Å². The van der Waals surface area contributed by atoms with E-state index in [4.69, 9.17) is 4.42 Å². The Morgan fingerprint density at radius 3 is 2.43 bits per heavy atom. The van der Waals surface area contributed by atoms with Crippen molar-refractivity contribution in [3.63, 3.8) is 0 Å². The van der Waals surface area contributed by atoms with Crippen molar-refractivity contribution >= 4 is 17.0 Å². The molecule has 0 amide bonds. The Hall–Kier alpha value is -3.51. The molecule has 0 fully saturated rings. The molecule has 0 saturated heterocycles. The minimum atomic E-state index is -0.844. The van der Waals surface area contributed by atoms with Crippen molar-refractivity contribution in [2.45, 2.75) is 33.3 Å². The van der Waals surface area contributed by atoms with Gasteiger partial charge in [-0.3, -0.25) is 4.79 Å². The second-order valence-electron chi connectivity index (χ2n) is 7.67. The topological polar surface area (TPSA) is 111 Å². The number of benzene rings is 2. The molecule has 4 N–H and O–H groups in total. The van der Waals surface area contributed by atoms with Crippen LogP contribution in [0.25, 0.3) is 28.4 Å². The molecule has 0 radical (unpaired) electrons. The molecule has 0 bridgehead atoms. The number of phenolic OH excluding ortho intramolecular Hbond substituents is 3. The molecule has 6 nitrogen and oxygen atoms in total. The van der Waals surface area contributed by atoms with Crippen molar-refractivity contribution in [2.75, 3.05) is 0 Å². The summed E-state index contributed by atoms with van der Waals surface area (Å²) >= 11 is 0. The molecule has 0 aliphatic rings. The van der Waals surface area contributed by atoms with Gasteiger partial charge >= 0.3 is 0 Å². The fourth-order valence-electron chi connectivity index (χ4n) is 3.22. The minimum Gasteiger partial charge on any atom is -0.508 e. The van der Waals surface area contributed by atoms with Crippen LogP contribution in [0.2, 0.25) is 0 Å². The van der Waals surface area contributed by atoms with Gasteiger partial charge in [-0.15, -0.1) is 0 Å². The zero-order chi connectivity index (χ0) is 22.2. The molecule has 3 aromatic rings. The average molecular weight is 408 g/mol. The number of aliphatic hydroxyl groups excluding tert-OH is 1. The van der Waals surface area contributed by atoms with Gasteiger partial charge in [0, 0.05) is 35.7 Å². The standard InChI is InChI=1S/C24H24O6/c1-12(2)5-15-6-14(7-16(24(15)29)8-18(26)13(3)4)21-11-20(28)23-19(27)9-17(25)10-22(23)30-21/h5-7,9-11,18,25-27,29H,3,8H2,1-2,4H3. The highest BCUT2D eigenvalue weighted by Crippen LogP contribution is 2.35. The lowest BCUT2D eigenvalue weighted by molar-refractivity contribution is 0.210. The van der Waals surface area contributed by atoms with E-state index in [2.05, 4.69) is 6.58 Å². The summed E-state index contributed by atoms with van der Waals surface area (Å²) in [4.78, 5) is 12.6. The van der Waals surface area contributed by atoms with Crippen molar-refractivity contribution < 1.29 is 24.8 Å². The molecule has 3 rings (SSSR count). The molecular formula is C24H24O6. The largest absolute Gasteiger partial charge is 0.508 e. The zero-order valence-electron chi connectivity index (χ0n) is 17.1. The molecule has 1 aromatic heterocycles. The number of rotatable bonds is 5. The molecule has 2 aromatic carbocycles. The van der Waals surface area contributed by atoms with Crippen molar-refractivity contribution in [1.29, 1.82) is 0 Å². The number of hydrogen-bond donors (Lipinski definition) is 4. The zero-order valence-corrected chi connectivity index (χ0v) is 17.1. The molecule has 6 heteroatoms. The van der Waals surface area contributed by atoms with Crippen molar-refractivity contribution in [2.24, 2.45) is 0 Å². The normalized spacial score (nSPS) is 12.0. The minimum absolute atomic E-state index is 0.0266. The maximum atomic E-state index is 12.6. The summed E-state index contributed by atoms with van der Waals surface area (Å²) in [6, 6.07) is 6.88. The quantitative estimate of drug-likeness (QED) is 0.463. The third kappa shape index (κ3) is 4.23. The van der Waals surface area contributed by atoms with Crippen molar-refractivity contribution in [3.8, 4) is 28.6 Å². The summed E-state index contributed by atoms with van der Waals surface area (Å²) in [5.41, 5.74) is 2.57. The highest BCUT2D eigenvalue weighted by molar-refractivity contribution is 5.86. The van der Waals surface area contributed by atoms with E-state index in [9.17, 15) is 25.2 Å². The molecule has 0 saturated carbocycles. The molecular weight excluding hydrogens is 384 g/mol. The van der Waals surface area contributed by atoms with Crippen LogP contribution in [-0.2, 0) is 6.42 Å². The lowest BCUT2D eigenvalue weighted by Crippen LogP contribution is -2.11. The summed E-state index contributed by atoms with van der Waals surface area (Å²) in [5.74, 6) is -0.376. The summed E-state index contributed by atoms with van der Waals surface area (Å²) in [6.07, 6.45) is 1.08. The van der Waals surface area contributed by atoms with Gasteiger partial charge in [-0.2, -0.15) is 0 Å². The number of aliphatic hydroxyl groups is 1. The van der Waals surface area contributed by atoms with Gasteiger partial charge in [0.2, 0.25) is 0 Å². The second-order valence-corrected chi connectivity index (χ2v) is 7.67. The van der Waals surface area contributed by atoms with Crippen LogP contribution >= 0.6 is 0 Å². The first-order valence-corrected chi connectivity index (χ1v) is 9.41. The second kappa shape index (κ2) is 8.08. The summed E-state index contributed by atoms with van der Waals surface area (Å²) in [6.45, 7) is 9.21. The van der Waals surface area contributed by atoms with Crippen LogP contribution in [0.5, 0.6) is 17.2 Å². The first kappa shape index (κ1) is 21.2. The molecule has 0 spiro atoms. The van der Waals surface area contributed by atoms with Crippen molar-refractivity contribution in [1.82, 2.24) is 0 Å². The molecule has 0 aliphatic heterocycles. The van der Waals surface area contributed by atoms with E-state index in [-0.39, 0.29) is 40.4 Å². The third-order valence-corrected chi connectivity index (χ3v) is 4.72. The highest BCUT2D eigenvalue weighted by atomic mass is 16.3. The van der Waals surface area contributed by atoms with Crippen molar-refractivity contribution in [3.05, 3.63) is 69.4 Å². The summed E-state index contributed by atoms with van der Waals surface area (Å²) in [7, 11) is 0. The smallest absolute Gasteiger partial charge is 0.197 e. The number of phenols is 3. The van der Waals surface area contributed by atoms with Crippen LogP contribution in [0.4, 0.5) is 0 Å². The maximum absolute atomic E-state index is 12.6. The lowest BCUT2D eigenvalue weighted by atomic mass is 9.95. The van der Waals surface area contributed by atoms with E-state index in [0.29, 0.717) is 22.3 Å². The highest BCUT2D eigenvalue weighted by Gasteiger charge is 2.17. The monoisotopic (exact) mass is 408 g/mol. The number of fused-ring (bicyclic) bond motifs is 1. The first-order valence-electron chi connectivity index (χ1n) is 9.41. The van der Waals surface area contributed by atoms with E-state index in [0.717, 1.165) is 11.6 Å². The number of allylic oxidation sites excluding steroid dienone is 1. The van der Waals surface area contributed by atoms with Gasteiger partial charge in [0.1, 0.15) is 34.0 Å². The molecule has 1 unspecified atom stereocenters. The van der Waals surface area contributed by atoms with E-state index >= 15 is 0 Å². The van der Waals surface area contributed by atoms with Gasteiger partial charge in [-0.25, -0.2) is 0 Å². The fourth-order valence-corrected chi connectivity index (χ4v) is 3.22. The van der Waals surface area contributed by atoms with E-state index in [1.54, 1.807) is 25.1 Å². The van der Waals surface area contributed by atoms with Crippen LogP contribution in [0, 0.1) is 0 Å². The fraction of sp³-hybridized carbons (Fsp3) is 0.208. The van der Waals surface area contributed by atoms with Gasteiger partial charge in [-0.05, 0) is 38.5 Å². The molecule has 30 heavy (non-hydrogen) atoms. The van der Waals surface area contributed by atoms with Crippen LogP contribution in [-0.4, -0.2) is 26.5 Å². The predicted molar refractivity (Wildman–Crippen MR) is 117 cm³/mol. The molecule has 1 atom stereocenters. The van der Waals surface area contributed by atoms with E-state index in [1.807, 2.05) is 13.8 Å². The average Bonchev–Trinajstić information content (AvgIpc) is 2.63. The first-order chi connectivity index (χ1) is 14.1. The van der Waals surface area contributed by atoms with Crippen LogP contribution in [0.15, 0.2) is 57.3 Å². The third-order valence-electron chi connectivity index (χ3n) is 4.72. The Morgan fingerprint density at radius 1 is 1.10 bits per heavy atom. The molecule has 1 heterocycles. The maximum Gasteiger partial charge on any atom is 0.197 e. The van der Waals surface area contributed by atoms with Crippen LogP contribution < -0.4 is 5.43 Å². The van der Waals surface area contributed by atoms with Crippen LogP contribution in [0.3, 0.4) is 0 Å². The van der Waals surface area contributed by atoms with Gasteiger partial charge in [0.05, 0.1) is 6.10 Å². The Bertz CT molecular complexity index is 1230. The number of hydrogen-bond acceptors (Lipinski definition) is 6. The SMILES string of the molecule is C=C(C)C(O)Cc1cc(-c2cc(=O)c3c(O)cc(O)cc3o2)cc(C=C(C)C)c1O. The number of aromatic hydroxyl groups is 3. The Morgan fingerprint density at radius 2 is 1.80 bits per heavy atom. The molecule has 0 aliphatic carbocycles. The van der Waals surface area contributed by atoms with Gasteiger partial charge in [-0.1, -0.05) is 23.8 Å². The molecule has 156 valence electrons. The Kier molecular flexibility index (Phi) is 5.71. The predicted octanol–water partition coefficient (Wildman–Crippen LogP) is 4.48.